The summed E-state index contributed by atoms with van der Waals surface area (Å²) in [6.45, 7) is 0.493. The molecule has 28 heavy (non-hydrogen) atoms. The summed E-state index contributed by atoms with van der Waals surface area (Å²) in [5, 5.41) is 16.7. The Morgan fingerprint density at radius 2 is 1.82 bits per heavy atom. The van der Waals surface area contributed by atoms with Crippen LogP contribution in [-0.2, 0) is 21.1 Å². The number of rotatable bonds is 9. The molecule has 0 bridgehead atoms. The average molecular weight is 407 g/mol. The first-order valence-corrected chi connectivity index (χ1v) is 10.2. The van der Waals surface area contributed by atoms with Gasteiger partial charge in [-0.15, -0.1) is 0 Å². The van der Waals surface area contributed by atoms with Gasteiger partial charge in [0.1, 0.15) is 11.4 Å². The zero-order valence-corrected chi connectivity index (χ0v) is 16.3. The number of anilines is 1. The molecule has 2 N–H and O–H groups in total. The summed E-state index contributed by atoms with van der Waals surface area (Å²) in [5.74, 6) is 0.519. The van der Waals surface area contributed by atoms with Gasteiger partial charge in [0.25, 0.3) is 5.69 Å². The lowest BCUT2D eigenvalue weighted by Gasteiger charge is -2.10. The molecule has 9 nitrogen and oxygen atoms in total. The highest BCUT2D eigenvalue weighted by Crippen LogP contribution is 2.27. The van der Waals surface area contributed by atoms with Gasteiger partial charge in [-0.3, -0.25) is 14.9 Å². The molecule has 2 aromatic carbocycles. The third kappa shape index (κ3) is 5.95. The Bertz CT molecular complexity index is 958. The number of carbonyl (C=O) groups excluding carboxylic acids is 1. The van der Waals surface area contributed by atoms with Gasteiger partial charge in [0.05, 0.1) is 23.3 Å². The molecule has 2 aromatic rings. The maximum atomic E-state index is 12.0. The zero-order valence-electron chi connectivity index (χ0n) is 15.5. The first kappa shape index (κ1) is 21.2. The number of carbonyl (C=O) groups is 1. The van der Waals surface area contributed by atoms with E-state index in [0.29, 0.717) is 5.75 Å². The van der Waals surface area contributed by atoms with Gasteiger partial charge in [-0.1, -0.05) is 12.1 Å². The van der Waals surface area contributed by atoms with E-state index in [0.717, 1.165) is 17.9 Å². The van der Waals surface area contributed by atoms with Crippen LogP contribution in [0.3, 0.4) is 0 Å². The van der Waals surface area contributed by atoms with Crippen LogP contribution in [0.1, 0.15) is 5.56 Å². The number of amides is 1. The van der Waals surface area contributed by atoms with Crippen molar-refractivity contribution in [1.29, 1.82) is 0 Å². The average Bonchev–Trinajstić information content (AvgIpc) is 2.65. The first-order chi connectivity index (χ1) is 13.2. The van der Waals surface area contributed by atoms with Crippen molar-refractivity contribution in [3.63, 3.8) is 0 Å². The molecule has 0 radical (unpaired) electrons. The number of nitrogens with zero attached hydrogens (tertiary/aromatic N) is 1. The lowest BCUT2D eigenvalue weighted by molar-refractivity contribution is -0.384. The number of nitro groups is 1. The summed E-state index contributed by atoms with van der Waals surface area (Å²) in [6.07, 6.45) is 1.19. The smallest absolute Gasteiger partial charge is 0.293 e. The van der Waals surface area contributed by atoms with Gasteiger partial charge >= 0.3 is 0 Å². The fourth-order valence-electron chi connectivity index (χ4n) is 2.43. The number of hydrogen-bond donors (Lipinski definition) is 2. The standard InChI is InChI=1S/C18H21N3O6S/c1-27-14-5-3-13(4-6-14)11-18(22)20-10-9-19-16-8-7-15(28(2,25)26)12-17(16)21(23)24/h3-8,12,19H,9-11H2,1-2H3,(H,20,22). The molecule has 0 aromatic heterocycles. The second kappa shape index (κ2) is 9.18. The van der Waals surface area contributed by atoms with Crippen LogP contribution in [0.25, 0.3) is 0 Å². The molecule has 0 fully saturated rings. The molecule has 150 valence electrons. The zero-order chi connectivity index (χ0) is 20.7. The number of nitro benzene ring substituents is 1. The van der Waals surface area contributed by atoms with E-state index in [-0.39, 0.29) is 41.7 Å². The fraction of sp³-hybridized carbons (Fsp3) is 0.278. The van der Waals surface area contributed by atoms with E-state index in [9.17, 15) is 23.3 Å². The second-order valence-corrected chi connectivity index (χ2v) is 8.03. The molecule has 0 saturated heterocycles. The van der Waals surface area contributed by atoms with Crippen LogP contribution in [0.15, 0.2) is 47.4 Å². The number of benzene rings is 2. The van der Waals surface area contributed by atoms with Crippen molar-refractivity contribution in [3.8, 4) is 5.75 Å². The number of ether oxygens (including phenoxy) is 1. The third-order valence-corrected chi connectivity index (χ3v) is 4.99. The molecular formula is C18H21N3O6S. The van der Waals surface area contributed by atoms with Gasteiger partial charge < -0.3 is 15.4 Å². The molecule has 0 saturated carbocycles. The van der Waals surface area contributed by atoms with Crippen LogP contribution in [0.4, 0.5) is 11.4 Å². The minimum absolute atomic E-state index is 0.127. The molecule has 0 aliphatic heterocycles. The van der Waals surface area contributed by atoms with E-state index >= 15 is 0 Å². The molecule has 0 heterocycles. The Labute approximate surface area is 162 Å². The maximum Gasteiger partial charge on any atom is 0.293 e. The van der Waals surface area contributed by atoms with Crippen LogP contribution >= 0.6 is 0 Å². The summed E-state index contributed by atoms with van der Waals surface area (Å²) in [4.78, 5) is 22.4. The van der Waals surface area contributed by atoms with Crippen LogP contribution < -0.4 is 15.4 Å². The van der Waals surface area contributed by atoms with Crippen LogP contribution in [0.5, 0.6) is 5.75 Å². The first-order valence-electron chi connectivity index (χ1n) is 8.32. The van der Waals surface area contributed by atoms with E-state index in [4.69, 9.17) is 4.74 Å². The molecule has 10 heteroatoms. The molecule has 0 unspecified atom stereocenters. The minimum Gasteiger partial charge on any atom is -0.497 e. The minimum atomic E-state index is -3.54. The van der Waals surface area contributed by atoms with E-state index in [1.165, 1.54) is 12.1 Å². The van der Waals surface area contributed by atoms with Crippen molar-refractivity contribution in [2.24, 2.45) is 0 Å². The highest BCUT2D eigenvalue weighted by Gasteiger charge is 2.18. The lowest BCUT2D eigenvalue weighted by atomic mass is 10.1. The lowest BCUT2D eigenvalue weighted by Crippen LogP contribution is -2.30. The Hall–Kier alpha value is -3.14. The molecule has 0 aliphatic carbocycles. The Kier molecular flexibility index (Phi) is 6.94. The maximum absolute atomic E-state index is 12.0. The summed E-state index contributed by atoms with van der Waals surface area (Å²) in [7, 11) is -1.98. The topological polar surface area (TPSA) is 128 Å². The summed E-state index contributed by atoms with van der Waals surface area (Å²) in [6, 6.07) is 10.8. The van der Waals surface area contributed by atoms with E-state index in [1.807, 2.05) is 0 Å². The van der Waals surface area contributed by atoms with Gasteiger partial charge in [-0.2, -0.15) is 0 Å². The molecule has 1 amide bonds. The van der Waals surface area contributed by atoms with Crippen molar-refractivity contribution in [3.05, 3.63) is 58.1 Å². The Balaban J connectivity index is 1.88. The monoisotopic (exact) mass is 407 g/mol. The SMILES string of the molecule is COc1ccc(CC(=O)NCCNc2ccc(S(C)(=O)=O)cc2[N+](=O)[O-])cc1. The van der Waals surface area contributed by atoms with Crippen LogP contribution in [-0.4, -0.2) is 45.7 Å². The van der Waals surface area contributed by atoms with Crippen LogP contribution in [0.2, 0.25) is 0 Å². The van der Waals surface area contributed by atoms with Gasteiger partial charge in [0, 0.05) is 25.4 Å². The molecular weight excluding hydrogens is 386 g/mol. The van der Waals surface area contributed by atoms with Gasteiger partial charge in [-0.05, 0) is 29.8 Å². The Morgan fingerprint density at radius 3 is 2.39 bits per heavy atom. The van der Waals surface area contributed by atoms with E-state index < -0.39 is 14.8 Å². The summed E-state index contributed by atoms with van der Waals surface area (Å²) in [5.41, 5.74) is 0.674. The molecule has 2 rings (SSSR count). The quantitative estimate of drug-likeness (QED) is 0.368. The third-order valence-electron chi connectivity index (χ3n) is 3.88. The largest absolute Gasteiger partial charge is 0.497 e. The molecule has 0 spiro atoms. The van der Waals surface area contributed by atoms with Crippen LogP contribution in [0, 0.1) is 10.1 Å². The highest BCUT2D eigenvalue weighted by atomic mass is 32.2. The van der Waals surface area contributed by atoms with Crippen molar-refractivity contribution in [2.45, 2.75) is 11.3 Å². The number of nitrogens with one attached hydrogen (secondary N) is 2. The van der Waals surface area contributed by atoms with Gasteiger partial charge in [0.2, 0.25) is 5.91 Å². The van der Waals surface area contributed by atoms with Gasteiger partial charge in [-0.25, -0.2) is 8.42 Å². The fourth-order valence-corrected chi connectivity index (χ4v) is 3.07. The number of hydrogen-bond acceptors (Lipinski definition) is 7. The molecule has 0 aliphatic rings. The van der Waals surface area contributed by atoms with Crippen molar-refractivity contribution < 1.29 is 22.9 Å². The van der Waals surface area contributed by atoms with Gasteiger partial charge in [0.15, 0.2) is 9.84 Å². The summed E-state index contributed by atoms with van der Waals surface area (Å²) >= 11 is 0. The van der Waals surface area contributed by atoms with Crippen molar-refractivity contribution >= 4 is 27.1 Å². The summed E-state index contributed by atoms with van der Waals surface area (Å²) < 4.78 is 28.1. The highest BCUT2D eigenvalue weighted by molar-refractivity contribution is 7.90. The molecule has 0 atom stereocenters. The number of methoxy groups -OCH3 is 1. The van der Waals surface area contributed by atoms with Crippen molar-refractivity contribution in [2.75, 3.05) is 31.8 Å². The predicted molar refractivity (Wildman–Crippen MR) is 104 cm³/mol. The number of sulfone groups is 1. The normalized spacial score (nSPS) is 10.9. The van der Waals surface area contributed by atoms with E-state index in [1.54, 1.807) is 31.4 Å². The Morgan fingerprint density at radius 1 is 1.14 bits per heavy atom. The predicted octanol–water partition coefficient (Wildman–Crippen LogP) is 1.78. The van der Waals surface area contributed by atoms with Crippen molar-refractivity contribution in [1.82, 2.24) is 5.32 Å². The second-order valence-electron chi connectivity index (χ2n) is 6.01. The van der Waals surface area contributed by atoms with E-state index in [2.05, 4.69) is 10.6 Å².